The molecular weight excluding hydrogens is 256 g/mol. The number of nitrogens with one attached hydrogen (secondary N) is 1. The summed E-state index contributed by atoms with van der Waals surface area (Å²) in [7, 11) is 0. The molecule has 0 aromatic carbocycles. The quantitative estimate of drug-likeness (QED) is 0.691. The second-order valence-electron chi connectivity index (χ2n) is 5.98. The van der Waals surface area contributed by atoms with Crippen molar-refractivity contribution in [3.63, 3.8) is 0 Å². The monoisotopic (exact) mass is 284 g/mol. The Morgan fingerprint density at radius 1 is 1.45 bits per heavy atom. The number of aliphatic hydroxyl groups excluding tert-OH is 1. The van der Waals surface area contributed by atoms with Gasteiger partial charge in [0.05, 0.1) is 12.7 Å². The van der Waals surface area contributed by atoms with Crippen molar-refractivity contribution in [2.45, 2.75) is 51.2 Å². The van der Waals surface area contributed by atoms with Crippen molar-refractivity contribution in [1.29, 1.82) is 0 Å². The lowest BCUT2D eigenvalue weighted by atomic mass is 9.79. The third kappa shape index (κ3) is 4.43. The number of nitrogens with zero attached hydrogens (tertiary/aromatic N) is 1. The van der Waals surface area contributed by atoms with Gasteiger partial charge in [-0.3, -0.25) is 4.79 Å². The predicted molar refractivity (Wildman–Crippen MR) is 77.4 cm³/mol. The number of amides is 1. The highest BCUT2D eigenvalue weighted by atomic mass is 16.5. The Kier molecular flexibility index (Phi) is 6.26. The molecule has 0 bridgehead atoms. The van der Waals surface area contributed by atoms with Crippen LogP contribution >= 0.6 is 0 Å². The predicted octanol–water partition coefficient (Wildman–Crippen LogP) is 0.764. The molecule has 116 valence electrons. The van der Waals surface area contributed by atoms with Crippen LogP contribution in [0.2, 0.25) is 0 Å². The molecule has 1 atom stereocenters. The first-order chi connectivity index (χ1) is 9.72. The van der Waals surface area contributed by atoms with Gasteiger partial charge < -0.3 is 20.1 Å². The highest BCUT2D eigenvalue weighted by Gasteiger charge is 2.32. The lowest BCUT2D eigenvalue weighted by Crippen LogP contribution is -2.44. The molecule has 1 unspecified atom stereocenters. The third-order valence-electron chi connectivity index (χ3n) is 4.38. The van der Waals surface area contributed by atoms with Gasteiger partial charge in [0.15, 0.2) is 0 Å². The Hall–Kier alpha value is -0.650. The van der Waals surface area contributed by atoms with Crippen LogP contribution < -0.4 is 5.32 Å². The Morgan fingerprint density at radius 2 is 2.25 bits per heavy atom. The molecule has 0 aromatic heterocycles. The van der Waals surface area contributed by atoms with Crippen molar-refractivity contribution in [1.82, 2.24) is 10.2 Å². The summed E-state index contributed by atoms with van der Waals surface area (Å²) in [4.78, 5) is 14.2. The first-order valence-corrected chi connectivity index (χ1v) is 7.96. The van der Waals surface area contributed by atoms with Crippen LogP contribution in [0.1, 0.15) is 39.0 Å². The zero-order chi connectivity index (χ0) is 14.4. The van der Waals surface area contributed by atoms with Crippen molar-refractivity contribution in [2.24, 2.45) is 5.92 Å². The van der Waals surface area contributed by atoms with E-state index in [1.807, 2.05) is 11.8 Å². The van der Waals surface area contributed by atoms with Gasteiger partial charge in [0.2, 0.25) is 5.91 Å². The highest BCUT2D eigenvalue weighted by Crippen LogP contribution is 2.33. The summed E-state index contributed by atoms with van der Waals surface area (Å²) in [6, 6.07) is 0.406. The van der Waals surface area contributed by atoms with Gasteiger partial charge in [-0.1, -0.05) is 0 Å². The minimum absolute atomic E-state index is 0.0463. The lowest BCUT2D eigenvalue weighted by molar-refractivity contribution is -0.135. The van der Waals surface area contributed by atoms with Crippen molar-refractivity contribution in [3.05, 3.63) is 0 Å². The van der Waals surface area contributed by atoms with Crippen molar-refractivity contribution < 1.29 is 14.6 Å². The van der Waals surface area contributed by atoms with E-state index in [9.17, 15) is 4.79 Å². The topological polar surface area (TPSA) is 61.8 Å². The molecule has 1 saturated heterocycles. The molecule has 1 heterocycles. The maximum Gasteiger partial charge on any atom is 0.222 e. The van der Waals surface area contributed by atoms with E-state index in [1.165, 1.54) is 6.42 Å². The molecule has 0 radical (unpaired) electrons. The van der Waals surface area contributed by atoms with E-state index >= 15 is 0 Å². The minimum atomic E-state index is 0.0463. The van der Waals surface area contributed by atoms with E-state index in [0.717, 1.165) is 39.0 Å². The number of hydrogen-bond donors (Lipinski definition) is 2. The molecule has 2 fully saturated rings. The molecule has 1 aliphatic carbocycles. The fourth-order valence-corrected chi connectivity index (χ4v) is 3.21. The Morgan fingerprint density at radius 3 is 2.85 bits per heavy atom. The van der Waals surface area contributed by atoms with Crippen LogP contribution in [0.15, 0.2) is 0 Å². The Bertz CT molecular complexity index is 299. The molecule has 0 spiro atoms. The molecule has 2 rings (SSSR count). The van der Waals surface area contributed by atoms with Crippen LogP contribution in [0.3, 0.4) is 0 Å². The summed E-state index contributed by atoms with van der Waals surface area (Å²) < 4.78 is 5.53. The SMILES string of the molecule is CCOC1CC(CC(=O)N(CCO)CC2CCCN2)C1. The number of hydrogen-bond acceptors (Lipinski definition) is 4. The van der Waals surface area contributed by atoms with Crippen molar-refractivity contribution >= 4 is 5.91 Å². The second kappa shape index (κ2) is 7.96. The fraction of sp³-hybridized carbons (Fsp3) is 0.933. The standard InChI is InChI=1S/C15H28N2O3/c1-2-20-14-8-12(9-14)10-15(19)17(6-7-18)11-13-4-3-5-16-13/h12-14,16,18H,2-11H2,1H3. The van der Waals surface area contributed by atoms with Gasteiger partial charge in [0, 0.05) is 32.2 Å². The number of carbonyl (C=O) groups excluding carboxylic acids is 1. The first kappa shape index (κ1) is 15.7. The van der Waals surface area contributed by atoms with Gasteiger partial charge in [-0.25, -0.2) is 0 Å². The summed E-state index contributed by atoms with van der Waals surface area (Å²) in [5.41, 5.74) is 0. The zero-order valence-corrected chi connectivity index (χ0v) is 12.5. The van der Waals surface area contributed by atoms with Crippen LogP contribution in [-0.2, 0) is 9.53 Å². The Labute approximate surface area is 121 Å². The normalized spacial score (nSPS) is 29.2. The minimum Gasteiger partial charge on any atom is -0.395 e. The summed E-state index contributed by atoms with van der Waals surface area (Å²) in [6.07, 6.45) is 5.30. The molecule has 20 heavy (non-hydrogen) atoms. The van der Waals surface area contributed by atoms with E-state index < -0.39 is 0 Å². The van der Waals surface area contributed by atoms with E-state index in [-0.39, 0.29) is 12.5 Å². The molecule has 1 saturated carbocycles. The van der Waals surface area contributed by atoms with E-state index in [2.05, 4.69) is 5.32 Å². The fourth-order valence-electron chi connectivity index (χ4n) is 3.21. The second-order valence-corrected chi connectivity index (χ2v) is 5.98. The molecule has 2 N–H and O–H groups in total. The van der Waals surface area contributed by atoms with E-state index in [1.54, 1.807) is 0 Å². The van der Waals surface area contributed by atoms with Gasteiger partial charge in [-0.15, -0.1) is 0 Å². The van der Waals surface area contributed by atoms with Crippen molar-refractivity contribution in [3.8, 4) is 0 Å². The van der Waals surface area contributed by atoms with E-state index in [0.29, 0.717) is 31.0 Å². The number of ether oxygens (including phenoxy) is 1. The third-order valence-corrected chi connectivity index (χ3v) is 4.38. The highest BCUT2D eigenvalue weighted by molar-refractivity contribution is 5.76. The largest absolute Gasteiger partial charge is 0.395 e. The van der Waals surface area contributed by atoms with Crippen LogP contribution in [0.25, 0.3) is 0 Å². The summed E-state index contributed by atoms with van der Waals surface area (Å²) >= 11 is 0. The maximum atomic E-state index is 12.3. The average Bonchev–Trinajstić information content (AvgIpc) is 2.88. The van der Waals surface area contributed by atoms with Crippen LogP contribution in [-0.4, -0.2) is 60.9 Å². The number of aliphatic hydroxyl groups is 1. The van der Waals surface area contributed by atoms with Gasteiger partial charge in [-0.2, -0.15) is 0 Å². The summed E-state index contributed by atoms with van der Waals surface area (Å²) in [5.74, 6) is 0.657. The Balaban J connectivity index is 1.72. The lowest BCUT2D eigenvalue weighted by Gasteiger charge is -2.36. The molecule has 1 aliphatic heterocycles. The number of carbonyl (C=O) groups is 1. The molecular formula is C15H28N2O3. The van der Waals surface area contributed by atoms with E-state index in [4.69, 9.17) is 9.84 Å². The smallest absolute Gasteiger partial charge is 0.222 e. The van der Waals surface area contributed by atoms with Crippen LogP contribution in [0.4, 0.5) is 0 Å². The van der Waals surface area contributed by atoms with Gasteiger partial charge in [0.25, 0.3) is 0 Å². The summed E-state index contributed by atoms with van der Waals surface area (Å²) in [6.45, 7) is 5.06. The van der Waals surface area contributed by atoms with Gasteiger partial charge in [0.1, 0.15) is 0 Å². The van der Waals surface area contributed by atoms with Crippen LogP contribution in [0, 0.1) is 5.92 Å². The zero-order valence-electron chi connectivity index (χ0n) is 12.5. The molecule has 2 aliphatic rings. The molecule has 0 aromatic rings. The first-order valence-electron chi connectivity index (χ1n) is 7.96. The van der Waals surface area contributed by atoms with Crippen LogP contribution in [0.5, 0.6) is 0 Å². The summed E-state index contributed by atoms with van der Waals surface area (Å²) in [5, 5.41) is 12.6. The molecule has 5 heteroatoms. The molecule has 1 amide bonds. The molecule has 5 nitrogen and oxygen atoms in total. The van der Waals surface area contributed by atoms with Crippen molar-refractivity contribution in [2.75, 3.05) is 32.8 Å². The maximum absolute atomic E-state index is 12.3. The van der Waals surface area contributed by atoms with Gasteiger partial charge >= 0.3 is 0 Å². The number of rotatable bonds is 8. The van der Waals surface area contributed by atoms with Gasteiger partial charge in [-0.05, 0) is 45.1 Å². The average molecular weight is 284 g/mol.